The number of aliphatic carboxylic acids is 1. The van der Waals surface area contributed by atoms with E-state index in [2.05, 4.69) is 9.29 Å². The molecule has 1 aromatic heterocycles. The molecule has 2 aliphatic carbocycles. The molecule has 2 N–H and O–H groups in total. The van der Waals surface area contributed by atoms with Crippen molar-refractivity contribution in [3.05, 3.63) is 59.2 Å². The maximum Gasteiger partial charge on any atom is 0.336 e. The highest BCUT2D eigenvalue weighted by Gasteiger charge is 2.37. The predicted molar refractivity (Wildman–Crippen MR) is 145 cm³/mol. The summed E-state index contributed by atoms with van der Waals surface area (Å²) in [5.74, 6) is -0.775. The number of hydrogen-bond donors (Lipinski definition) is 2. The van der Waals surface area contributed by atoms with Gasteiger partial charge in [0, 0.05) is 34.1 Å². The highest BCUT2D eigenvalue weighted by molar-refractivity contribution is 7.91. The fourth-order valence-electron chi connectivity index (χ4n) is 6.03. The van der Waals surface area contributed by atoms with Gasteiger partial charge in [-0.2, -0.15) is 0 Å². The molecule has 9 heteroatoms. The van der Waals surface area contributed by atoms with Gasteiger partial charge < -0.3 is 14.4 Å². The number of nitrogens with one attached hydrogen (secondary N) is 1. The summed E-state index contributed by atoms with van der Waals surface area (Å²) >= 11 is 0. The maximum absolute atomic E-state index is 13.0. The predicted octanol–water partition coefficient (Wildman–Crippen LogP) is 5.07. The van der Waals surface area contributed by atoms with Gasteiger partial charge in [0.1, 0.15) is 5.75 Å². The summed E-state index contributed by atoms with van der Waals surface area (Å²) in [5, 5.41) is 10.6. The number of fused-ring (bicyclic) bond motifs is 5. The lowest BCUT2D eigenvalue weighted by Gasteiger charge is -2.24. The van der Waals surface area contributed by atoms with Crippen molar-refractivity contribution in [2.75, 3.05) is 7.11 Å². The van der Waals surface area contributed by atoms with Gasteiger partial charge in [-0.1, -0.05) is 25.3 Å². The van der Waals surface area contributed by atoms with E-state index in [1.165, 1.54) is 12.0 Å². The van der Waals surface area contributed by atoms with Gasteiger partial charge in [-0.15, -0.1) is 0 Å². The Balaban J connectivity index is 1.57. The first-order valence-corrected chi connectivity index (χ1v) is 14.7. The van der Waals surface area contributed by atoms with E-state index in [1.807, 2.05) is 18.2 Å². The third kappa shape index (κ3) is 4.18. The van der Waals surface area contributed by atoms with Crippen molar-refractivity contribution >= 4 is 38.4 Å². The SMILES string of the molecule is COc1ccc2c(c1)C(C(=O)O)=CCn1c-2c(C2CCCCC2)c2ccc(C(=O)NS(=O)(=O)C3CC3)cc21. The van der Waals surface area contributed by atoms with Crippen molar-refractivity contribution in [3.63, 3.8) is 0 Å². The quantitative estimate of drug-likeness (QED) is 0.456. The number of nitrogens with zero attached hydrogens (tertiary/aromatic N) is 1. The van der Waals surface area contributed by atoms with Crippen LogP contribution in [0.4, 0.5) is 0 Å². The Kier molecular flexibility index (Phi) is 6.06. The third-order valence-corrected chi connectivity index (χ3v) is 9.88. The van der Waals surface area contributed by atoms with E-state index in [9.17, 15) is 23.1 Å². The molecule has 2 saturated carbocycles. The van der Waals surface area contributed by atoms with Crippen LogP contribution in [0.2, 0.25) is 0 Å². The van der Waals surface area contributed by atoms with Crippen LogP contribution >= 0.6 is 0 Å². The number of carbonyl (C=O) groups excluding carboxylic acids is 1. The highest BCUT2D eigenvalue weighted by Crippen LogP contribution is 2.47. The molecule has 0 atom stereocenters. The lowest BCUT2D eigenvalue weighted by atomic mass is 9.81. The third-order valence-electron chi connectivity index (χ3n) is 8.06. The van der Waals surface area contributed by atoms with Gasteiger partial charge in [0.2, 0.25) is 10.0 Å². The van der Waals surface area contributed by atoms with Gasteiger partial charge in [-0.3, -0.25) is 4.79 Å². The fraction of sp³-hybridized carbons (Fsp3) is 0.379. The van der Waals surface area contributed by atoms with E-state index >= 15 is 0 Å². The molecule has 0 bridgehead atoms. The van der Waals surface area contributed by atoms with Crippen molar-refractivity contribution in [1.29, 1.82) is 0 Å². The molecular formula is C29H30N2O6S. The minimum atomic E-state index is -3.68. The van der Waals surface area contributed by atoms with Crippen LogP contribution < -0.4 is 9.46 Å². The van der Waals surface area contributed by atoms with Crippen molar-refractivity contribution < 1.29 is 27.9 Å². The van der Waals surface area contributed by atoms with Gasteiger partial charge in [-0.05, 0) is 73.6 Å². The largest absolute Gasteiger partial charge is 0.497 e. The van der Waals surface area contributed by atoms with E-state index in [0.29, 0.717) is 36.6 Å². The number of methoxy groups -OCH3 is 1. The number of ether oxygens (including phenoxy) is 1. The number of allylic oxidation sites excluding steroid dienone is 1. The summed E-state index contributed by atoms with van der Waals surface area (Å²) in [6, 6.07) is 10.9. The number of aromatic nitrogens is 1. The van der Waals surface area contributed by atoms with Crippen LogP contribution in [0.3, 0.4) is 0 Å². The number of hydrogen-bond acceptors (Lipinski definition) is 5. The number of carboxylic acids is 1. The topological polar surface area (TPSA) is 115 Å². The monoisotopic (exact) mass is 534 g/mol. The van der Waals surface area contributed by atoms with Gasteiger partial charge in [-0.25, -0.2) is 17.9 Å². The molecular weight excluding hydrogens is 504 g/mol. The molecule has 2 aromatic carbocycles. The van der Waals surface area contributed by atoms with E-state index in [-0.39, 0.29) is 11.1 Å². The molecule has 3 aliphatic rings. The molecule has 2 heterocycles. The van der Waals surface area contributed by atoms with Gasteiger partial charge in [0.05, 0.1) is 23.6 Å². The van der Waals surface area contributed by atoms with Crippen molar-refractivity contribution in [2.45, 2.75) is 62.7 Å². The molecule has 3 aromatic rings. The lowest BCUT2D eigenvalue weighted by molar-refractivity contribution is -0.130. The molecule has 2 fully saturated rings. The first-order valence-electron chi connectivity index (χ1n) is 13.1. The molecule has 1 amide bonds. The number of rotatable bonds is 6. The summed E-state index contributed by atoms with van der Waals surface area (Å²) in [4.78, 5) is 25.3. The number of carboxylic acid groups (broad SMARTS) is 1. The van der Waals surface area contributed by atoms with Gasteiger partial charge in [0.25, 0.3) is 5.91 Å². The Morgan fingerprint density at radius 3 is 2.45 bits per heavy atom. The zero-order valence-corrected chi connectivity index (χ0v) is 22.0. The normalized spacial score (nSPS) is 17.8. The maximum atomic E-state index is 13.0. The molecule has 0 spiro atoms. The first kappa shape index (κ1) is 24.7. The summed E-state index contributed by atoms with van der Waals surface area (Å²) < 4.78 is 34.5. The van der Waals surface area contributed by atoms with E-state index in [0.717, 1.165) is 47.8 Å². The van der Waals surface area contributed by atoms with E-state index in [4.69, 9.17) is 4.74 Å². The zero-order chi connectivity index (χ0) is 26.6. The Labute approximate surface area is 221 Å². The summed E-state index contributed by atoms with van der Waals surface area (Å²) in [7, 11) is -2.12. The highest BCUT2D eigenvalue weighted by atomic mass is 32.2. The van der Waals surface area contributed by atoms with Crippen molar-refractivity contribution in [3.8, 4) is 17.0 Å². The number of sulfonamides is 1. The molecule has 0 saturated heterocycles. The van der Waals surface area contributed by atoms with Crippen LogP contribution in [0.1, 0.15) is 72.3 Å². The summed E-state index contributed by atoms with van der Waals surface area (Å²) in [6.07, 6.45) is 8.38. The van der Waals surface area contributed by atoms with Crippen LogP contribution in [0.5, 0.6) is 5.75 Å². The molecule has 8 nitrogen and oxygen atoms in total. The van der Waals surface area contributed by atoms with Gasteiger partial charge in [0.15, 0.2) is 0 Å². The molecule has 6 rings (SSSR count). The average molecular weight is 535 g/mol. The minimum Gasteiger partial charge on any atom is -0.497 e. The second-order valence-corrected chi connectivity index (χ2v) is 12.4. The Hall–Kier alpha value is -3.59. The zero-order valence-electron chi connectivity index (χ0n) is 21.2. The van der Waals surface area contributed by atoms with Crippen LogP contribution in [-0.2, 0) is 21.4 Å². The number of carbonyl (C=O) groups is 2. The molecule has 0 radical (unpaired) electrons. The van der Waals surface area contributed by atoms with Crippen LogP contribution in [0.15, 0.2) is 42.5 Å². The van der Waals surface area contributed by atoms with Crippen LogP contribution in [-0.4, -0.2) is 42.3 Å². The Morgan fingerprint density at radius 1 is 1.00 bits per heavy atom. The molecule has 1 aliphatic heterocycles. The van der Waals surface area contributed by atoms with E-state index in [1.54, 1.807) is 31.4 Å². The fourth-order valence-corrected chi connectivity index (χ4v) is 7.33. The average Bonchev–Trinajstić information content (AvgIpc) is 3.74. The van der Waals surface area contributed by atoms with Crippen LogP contribution in [0, 0.1) is 0 Å². The molecule has 198 valence electrons. The number of benzene rings is 2. The van der Waals surface area contributed by atoms with Gasteiger partial charge >= 0.3 is 5.97 Å². The molecule has 38 heavy (non-hydrogen) atoms. The van der Waals surface area contributed by atoms with Crippen LogP contribution in [0.25, 0.3) is 27.7 Å². The Morgan fingerprint density at radius 2 is 1.76 bits per heavy atom. The minimum absolute atomic E-state index is 0.203. The summed E-state index contributed by atoms with van der Waals surface area (Å²) in [6.45, 7) is 0.308. The van der Waals surface area contributed by atoms with Crippen molar-refractivity contribution in [2.24, 2.45) is 0 Å². The van der Waals surface area contributed by atoms with E-state index < -0.39 is 27.1 Å². The second kappa shape index (κ2) is 9.31. The molecule has 0 unspecified atom stereocenters. The lowest BCUT2D eigenvalue weighted by Crippen LogP contribution is -2.33. The number of amides is 1. The summed E-state index contributed by atoms with van der Waals surface area (Å²) in [5.41, 5.74) is 4.80. The smallest absolute Gasteiger partial charge is 0.336 e. The van der Waals surface area contributed by atoms with Crippen molar-refractivity contribution in [1.82, 2.24) is 9.29 Å². The first-order chi connectivity index (χ1) is 18.3. The standard InChI is InChI=1S/C29H30N2O6S/c1-37-19-8-12-21-24(16-19)22(29(33)34)13-14-31-25-15-18(28(32)30-38(35,36)20-9-10-20)7-11-23(25)26(27(21)31)17-5-3-2-4-6-17/h7-8,11-13,15-17,20H,2-6,9-10,14H2,1H3,(H,30,32)(H,33,34). The Bertz CT molecular complexity index is 1610. The second-order valence-electron chi connectivity index (χ2n) is 10.4.